The lowest BCUT2D eigenvalue weighted by Gasteiger charge is -2.08. The number of carbonyl (C=O) groups excluding carboxylic acids is 1. The summed E-state index contributed by atoms with van der Waals surface area (Å²) >= 11 is 0. The Morgan fingerprint density at radius 2 is 1.80 bits per heavy atom. The maximum Gasteiger partial charge on any atom is 0.253 e. The number of nitrogens with two attached hydrogens (primary N) is 2. The summed E-state index contributed by atoms with van der Waals surface area (Å²) in [5.74, 6) is -0.517. The van der Waals surface area contributed by atoms with Gasteiger partial charge in [-0.25, -0.2) is 4.39 Å². The second kappa shape index (κ2) is 6.06. The first kappa shape index (κ1) is 13.9. The van der Waals surface area contributed by atoms with E-state index in [4.69, 9.17) is 11.5 Å². The summed E-state index contributed by atoms with van der Waals surface area (Å²) in [6, 6.07) is 11.0. The van der Waals surface area contributed by atoms with E-state index in [9.17, 15) is 9.18 Å². The Balaban J connectivity index is 1.90. The van der Waals surface area contributed by atoms with Crippen LogP contribution in [0, 0.1) is 5.82 Å². The van der Waals surface area contributed by atoms with Gasteiger partial charge in [-0.15, -0.1) is 0 Å². The van der Waals surface area contributed by atoms with Gasteiger partial charge < -0.3 is 16.8 Å². The minimum Gasteiger partial charge on any atom is -0.399 e. The number of amides is 1. The molecular weight excluding hydrogens is 257 g/mol. The van der Waals surface area contributed by atoms with E-state index in [1.807, 2.05) is 0 Å². The van der Waals surface area contributed by atoms with E-state index in [0.29, 0.717) is 29.9 Å². The molecule has 20 heavy (non-hydrogen) atoms. The summed E-state index contributed by atoms with van der Waals surface area (Å²) < 4.78 is 12.7. The first-order valence-corrected chi connectivity index (χ1v) is 6.24. The molecule has 0 aliphatic carbocycles. The normalized spacial score (nSPS) is 10.2. The highest BCUT2D eigenvalue weighted by molar-refractivity contribution is 5.99. The molecule has 5 heteroatoms. The molecule has 0 saturated heterocycles. The molecule has 0 aromatic heterocycles. The molecule has 0 atom stereocenters. The van der Waals surface area contributed by atoms with Crippen molar-refractivity contribution in [2.45, 2.75) is 6.42 Å². The Kier molecular flexibility index (Phi) is 4.20. The van der Waals surface area contributed by atoms with E-state index in [0.717, 1.165) is 5.56 Å². The Morgan fingerprint density at radius 1 is 1.10 bits per heavy atom. The van der Waals surface area contributed by atoms with Crippen molar-refractivity contribution in [1.82, 2.24) is 5.32 Å². The molecule has 0 radical (unpaired) electrons. The van der Waals surface area contributed by atoms with E-state index >= 15 is 0 Å². The summed E-state index contributed by atoms with van der Waals surface area (Å²) in [5, 5.41) is 2.77. The van der Waals surface area contributed by atoms with Gasteiger partial charge in [-0.05, 0) is 42.3 Å². The third-order valence-corrected chi connectivity index (χ3v) is 2.93. The fraction of sp³-hybridized carbons (Fsp3) is 0.133. The summed E-state index contributed by atoms with van der Waals surface area (Å²) in [5.41, 5.74) is 13.5. The van der Waals surface area contributed by atoms with Gasteiger partial charge in [-0.3, -0.25) is 4.79 Å². The number of halogens is 1. The van der Waals surface area contributed by atoms with Crippen molar-refractivity contribution in [2.75, 3.05) is 18.0 Å². The number of hydrogen-bond donors (Lipinski definition) is 3. The van der Waals surface area contributed by atoms with Crippen molar-refractivity contribution < 1.29 is 9.18 Å². The van der Waals surface area contributed by atoms with Crippen molar-refractivity contribution in [3.8, 4) is 0 Å². The standard InChI is InChI=1S/C15H16FN3O/c16-11-3-1-10(2-4-11)7-8-19-15(20)13-6-5-12(17)9-14(13)18/h1-6,9H,7-8,17-18H2,(H,19,20). The Bertz CT molecular complexity index is 611. The van der Waals surface area contributed by atoms with Crippen LogP contribution in [0.1, 0.15) is 15.9 Å². The van der Waals surface area contributed by atoms with Crippen molar-refractivity contribution >= 4 is 17.3 Å². The molecule has 2 aromatic rings. The van der Waals surface area contributed by atoms with Crippen LogP contribution in [0.15, 0.2) is 42.5 Å². The van der Waals surface area contributed by atoms with Gasteiger partial charge >= 0.3 is 0 Å². The molecule has 4 nitrogen and oxygen atoms in total. The zero-order valence-corrected chi connectivity index (χ0v) is 10.9. The Morgan fingerprint density at radius 3 is 2.45 bits per heavy atom. The number of nitrogen functional groups attached to an aromatic ring is 2. The number of rotatable bonds is 4. The molecule has 0 aliphatic heterocycles. The van der Waals surface area contributed by atoms with Crippen molar-refractivity contribution in [1.29, 1.82) is 0 Å². The molecule has 1 amide bonds. The maximum atomic E-state index is 12.7. The quantitative estimate of drug-likeness (QED) is 0.745. The van der Waals surface area contributed by atoms with Gasteiger partial charge in [0.25, 0.3) is 5.91 Å². The first-order chi connectivity index (χ1) is 9.56. The maximum absolute atomic E-state index is 12.7. The number of benzene rings is 2. The highest BCUT2D eigenvalue weighted by Crippen LogP contribution is 2.15. The molecule has 2 aromatic carbocycles. The number of carbonyl (C=O) groups is 1. The van der Waals surface area contributed by atoms with E-state index in [1.54, 1.807) is 30.3 Å². The van der Waals surface area contributed by atoms with Crippen LogP contribution in [0.2, 0.25) is 0 Å². The van der Waals surface area contributed by atoms with Crippen LogP contribution >= 0.6 is 0 Å². The predicted octanol–water partition coefficient (Wildman–Crippen LogP) is 1.96. The van der Waals surface area contributed by atoms with Gasteiger partial charge in [-0.2, -0.15) is 0 Å². The van der Waals surface area contributed by atoms with Crippen molar-refractivity contribution in [3.05, 3.63) is 59.4 Å². The minimum atomic E-state index is -0.271. The van der Waals surface area contributed by atoms with Crippen LogP contribution in [-0.2, 0) is 6.42 Å². The van der Waals surface area contributed by atoms with Crippen molar-refractivity contribution in [2.24, 2.45) is 0 Å². The molecule has 104 valence electrons. The molecular formula is C15H16FN3O. The molecule has 0 saturated carbocycles. The van der Waals surface area contributed by atoms with Gasteiger partial charge in [-0.1, -0.05) is 12.1 Å². The number of hydrogen-bond acceptors (Lipinski definition) is 3. The van der Waals surface area contributed by atoms with Gasteiger partial charge in [0.1, 0.15) is 5.82 Å². The topological polar surface area (TPSA) is 81.1 Å². The molecule has 2 rings (SSSR count). The minimum absolute atomic E-state index is 0.246. The van der Waals surface area contributed by atoms with Crippen LogP contribution in [0.4, 0.5) is 15.8 Å². The molecule has 0 spiro atoms. The van der Waals surface area contributed by atoms with Gasteiger partial charge in [0.2, 0.25) is 0 Å². The summed E-state index contributed by atoms with van der Waals surface area (Å²) in [4.78, 5) is 11.9. The van der Waals surface area contributed by atoms with Crippen LogP contribution in [0.3, 0.4) is 0 Å². The highest BCUT2D eigenvalue weighted by Gasteiger charge is 2.09. The zero-order chi connectivity index (χ0) is 14.5. The third kappa shape index (κ3) is 3.47. The second-order valence-electron chi connectivity index (χ2n) is 4.48. The summed E-state index contributed by atoms with van der Waals surface area (Å²) in [6.45, 7) is 0.453. The smallest absolute Gasteiger partial charge is 0.253 e. The zero-order valence-electron chi connectivity index (χ0n) is 10.9. The average Bonchev–Trinajstić information content (AvgIpc) is 2.41. The molecule has 0 bridgehead atoms. The fourth-order valence-corrected chi connectivity index (χ4v) is 1.85. The van der Waals surface area contributed by atoms with E-state index in [-0.39, 0.29) is 11.7 Å². The summed E-state index contributed by atoms with van der Waals surface area (Å²) in [6.07, 6.45) is 0.626. The monoisotopic (exact) mass is 273 g/mol. The summed E-state index contributed by atoms with van der Waals surface area (Å²) in [7, 11) is 0. The van der Waals surface area contributed by atoms with Crippen LogP contribution in [0.5, 0.6) is 0 Å². The third-order valence-electron chi connectivity index (χ3n) is 2.93. The highest BCUT2D eigenvalue weighted by atomic mass is 19.1. The Hall–Kier alpha value is -2.56. The Labute approximate surface area is 116 Å². The first-order valence-electron chi connectivity index (χ1n) is 6.24. The lowest BCUT2D eigenvalue weighted by molar-refractivity contribution is 0.0955. The largest absolute Gasteiger partial charge is 0.399 e. The van der Waals surface area contributed by atoms with E-state index in [2.05, 4.69) is 5.32 Å². The molecule has 5 N–H and O–H groups in total. The average molecular weight is 273 g/mol. The van der Waals surface area contributed by atoms with Crippen LogP contribution in [-0.4, -0.2) is 12.5 Å². The predicted molar refractivity (Wildman–Crippen MR) is 77.7 cm³/mol. The SMILES string of the molecule is Nc1ccc(C(=O)NCCc2ccc(F)cc2)c(N)c1. The van der Waals surface area contributed by atoms with Crippen LogP contribution < -0.4 is 16.8 Å². The van der Waals surface area contributed by atoms with Crippen LogP contribution in [0.25, 0.3) is 0 Å². The lowest BCUT2D eigenvalue weighted by atomic mass is 10.1. The number of anilines is 2. The van der Waals surface area contributed by atoms with E-state index in [1.165, 1.54) is 12.1 Å². The molecule has 0 unspecified atom stereocenters. The fourth-order valence-electron chi connectivity index (χ4n) is 1.85. The molecule has 0 fully saturated rings. The van der Waals surface area contributed by atoms with Gasteiger partial charge in [0, 0.05) is 17.9 Å². The number of nitrogens with one attached hydrogen (secondary N) is 1. The van der Waals surface area contributed by atoms with Crippen molar-refractivity contribution in [3.63, 3.8) is 0 Å². The lowest BCUT2D eigenvalue weighted by Crippen LogP contribution is -2.26. The molecule has 0 aliphatic rings. The van der Waals surface area contributed by atoms with E-state index < -0.39 is 0 Å². The molecule has 0 heterocycles. The van der Waals surface area contributed by atoms with Gasteiger partial charge in [0.05, 0.1) is 5.56 Å². The van der Waals surface area contributed by atoms with Gasteiger partial charge in [0.15, 0.2) is 0 Å². The second-order valence-corrected chi connectivity index (χ2v) is 4.48.